The lowest BCUT2D eigenvalue weighted by Gasteiger charge is -2.27. The summed E-state index contributed by atoms with van der Waals surface area (Å²) in [6.07, 6.45) is -0.448. The summed E-state index contributed by atoms with van der Waals surface area (Å²) in [5.41, 5.74) is 1.36. The van der Waals surface area contributed by atoms with Gasteiger partial charge in [-0.1, -0.05) is 17.3 Å². The van der Waals surface area contributed by atoms with Gasteiger partial charge in [0.1, 0.15) is 11.8 Å². The molecule has 1 fully saturated rings. The molecule has 0 spiro atoms. The molecule has 0 bridgehead atoms. The van der Waals surface area contributed by atoms with Crippen molar-refractivity contribution in [1.29, 1.82) is 0 Å². The highest BCUT2D eigenvalue weighted by atomic mass is 19.4. The number of amides is 1. The van der Waals surface area contributed by atoms with Crippen LogP contribution in [0.25, 0.3) is 5.57 Å². The number of pyridine rings is 1. The van der Waals surface area contributed by atoms with Gasteiger partial charge in [0.25, 0.3) is 5.91 Å². The topological polar surface area (TPSA) is 66.8 Å². The first-order chi connectivity index (χ1) is 13.4. The molecule has 1 atom stereocenters. The van der Waals surface area contributed by atoms with Crippen LogP contribution in [0.15, 0.2) is 29.4 Å². The highest BCUT2D eigenvalue weighted by molar-refractivity contribution is 5.93. The Labute approximate surface area is 160 Å². The molecule has 150 valence electrons. The van der Waals surface area contributed by atoms with E-state index in [4.69, 9.17) is 4.84 Å². The van der Waals surface area contributed by atoms with Gasteiger partial charge in [-0.15, -0.1) is 0 Å². The second kappa shape index (κ2) is 7.54. The predicted molar refractivity (Wildman–Crippen MR) is 96.7 cm³/mol. The Morgan fingerprint density at radius 3 is 2.79 bits per heavy atom. The molecule has 1 aliphatic carbocycles. The summed E-state index contributed by atoms with van der Waals surface area (Å²) in [4.78, 5) is 23.6. The first-order valence-electron chi connectivity index (χ1n) is 9.38. The largest absolute Gasteiger partial charge is 0.432 e. The van der Waals surface area contributed by atoms with Gasteiger partial charge in [-0.2, -0.15) is 13.2 Å². The van der Waals surface area contributed by atoms with Crippen LogP contribution in [0.4, 0.5) is 13.2 Å². The minimum atomic E-state index is -4.42. The number of carbonyl (C=O) groups is 1. The summed E-state index contributed by atoms with van der Waals surface area (Å²) in [6.45, 7) is 1.67. The minimum Gasteiger partial charge on any atom is -0.390 e. The van der Waals surface area contributed by atoms with Crippen LogP contribution in [0.2, 0.25) is 0 Å². The van der Waals surface area contributed by atoms with Crippen molar-refractivity contribution in [2.24, 2.45) is 5.16 Å². The van der Waals surface area contributed by atoms with Crippen molar-refractivity contribution in [3.05, 3.63) is 35.7 Å². The quantitative estimate of drug-likeness (QED) is 0.834. The van der Waals surface area contributed by atoms with Gasteiger partial charge in [0, 0.05) is 32.1 Å². The van der Waals surface area contributed by atoms with E-state index in [9.17, 15) is 18.0 Å². The molecular formula is C19H21F3N4O2. The molecule has 1 aromatic rings. The molecule has 1 unspecified atom stereocenters. The average molecular weight is 394 g/mol. The van der Waals surface area contributed by atoms with Gasteiger partial charge in [0.2, 0.25) is 0 Å². The highest BCUT2D eigenvalue weighted by Crippen LogP contribution is 2.27. The van der Waals surface area contributed by atoms with Crippen molar-refractivity contribution in [3.8, 4) is 0 Å². The summed E-state index contributed by atoms with van der Waals surface area (Å²) in [5.74, 6) is -0.152. The van der Waals surface area contributed by atoms with Gasteiger partial charge < -0.3 is 10.2 Å². The van der Waals surface area contributed by atoms with Gasteiger partial charge in [-0.3, -0.25) is 9.69 Å². The Morgan fingerprint density at radius 2 is 2.14 bits per heavy atom. The maximum absolute atomic E-state index is 12.6. The summed E-state index contributed by atoms with van der Waals surface area (Å²) in [7, 11) is 0. The van der Waals surface area contributed by atoms with Crippen LogP contribution in [-0.4, -0.2) is 59.5 Å². The number of hydrogen-bond donors (Lipinski definition) is 1. The molecule has 9 heteroatoms. The lowest BCUT2D eigenvalue weighted by atomic mass is 10.0. The number of oxime groups is 1. The maximum atomic E-state index is 12.6. The van der Waals surface area contributed by atoms with Crippen LogP contribution < -0.4 is 5.32 Å². The fourth-order valence-corrected chi connectivity index (χ4v) is 3.32. The fourth-order valence-electron chi connectivity index (χ4n) is 3.32. The molecule has 6 nitrogen and oxygen atoms in total. The third-order valence-electron chi connectivity index (χ3n) is 5.04. The van der Waals surface area contributed by atoms with E-state index < -0.39 is 18.0 Å². The lowest BCUT2D eigenvalue weighted by Crippen LogP contribution is -2.36. The zero-order chi connectivity index (χ0) is 19.7. The summed E-state index contributed by atoms with van der Waals surface area (Å²) in [5, 5.41) is 6.10. The molecule has 3 heterocycles. The van der Waals surface area contributed by atoms with E-state index in [-0.39, 0.29) is 18.4 Å². The molecule has 3 aliphatic rings. The molecular weight excluding hydrogens is 373 g/mol. The number of halogens is 3. The first kappa shape index (κ1) is 18.9. The average Bonchev–Trinajstić information content (AvgIpc) is 3.35. The molecule has 0 saturated heterocycles. The Bertz CT molecular complexity index is 818. The predicted octanol–water partition coefficient (Wildman–Crippen LogP) is 2.77. The third-order valence-corrected chi connectivity index (χ3v) is 5.04. The van der Waals surface area contributed by atoms with Crippen LogP contribution in [0, 0.1) is 0 Å². The molecule has 1 amide bonds. The van der Waals surface area contributed by atoms with Crippen LogP contribution in [0.1, 0.15) is 41.9 Å². The number of rotatable bonds is 5. The smallest absolute Gasteiger partial charge is 0.390 e. The van der Waals surface area contributed by atoms with Crippen molar-refractivity contribution in [1.82, 2.24) is 15.2 Å². The molecule has 28 heavy (non-hydrogen) atoms. The molecule has 1 N–H and O–H groups in total. The van der Waals surface area contributed by atoms with Gasteiger partial charge in [0.15, 0.2) is 5.71 Å². The van der Waals surface area contributed by atoms with Crippen molar-refractivity contribution < 1.29 is 22.8 Å². The molecule has 4 rings (SSSR count). The van der Waals surface area contributed by atoms with Gasteiger partial charge >= 0.3 is 6.18 Å². The van der Waals surface area contributed by atoms with Gasteiger partial charge in [0.05, 0.1) is 5.69 Å². The van der Waals surface area contributed by atoms with Crippen LogP contribution in [-0.2, 0) is 4.84 Å². The van der Waals surface area contributed by atoms with E-state index in [0.29, 0.717) is 31.7 Å². The van der Waals surface area contributed by atoms with Crippen molar-refractivity contribution in [2.75, 3.05) is 19.6 Å². The Morgan fingerprint density at radius 1 is 1.32 bits per heavy atom. The van der Waals surface area contributed by atoms with Gasteiger partial charge in [-0.05, 0) is 37.0 Å². The number of nitrogens with zero attached hydrogens (tertiary/aromatic N) is 3. The zero-order valence-electron chi connectivity index (χ0n) is 15.2. The van der Waals surface area contributed by atoms with E-state index in [2.05, 4.69) is 15.5 Å². The number of hydrogen-bond acceptors (Lipinski definition) is 5. The number of alkyl halides is 3. The Kier molecular flexibility index (Phi) is 5.09. The molecule has 2 aliphatic heterocycles. The Hall–Kier alpha value is -2.42. The third kappa shape index (κ3) is 4.52. The van der Waals surface area contributed by atoms with E-state index in [1.54, 1.807) is 6.07 Å². The van der Waals surface area contributed by atoms with E-state index >= 15 is 0 Å². The molecule has 1 aromatic heterocycles. The minimum absolute atomic E-state index is 0.152. The summed E-state index contributed by atoms with van der Waals surface area (Å²) in [6, 6.07) is 5.67. The van der Waals surface area contributed by atoms with Crippen LogP contribution in [0.5, 0.6) is 0 Å². The zero-order valence-corrected chi connectivity index (χ0v) is 15.2. The summed E-state index contributed by atoms with van der Waals surface area (Å²) < 4.78 is 37.9. The van der Waals surface area contributed by atoms with E-state index in [0.717, 1.165) is 24.1 Å². The van der Waals surface area contributed by atoms with Crippen LogP contribution in [0.3, 0.4) is 0 Å². The standard InChI is InChI=1S/C19H21F3N4O2/c20-19(21,22)17-10-14(28-25-17)11-26-8-6-12(7-9-26)15-2-1-3-16(24-15)18(27)23-13-4-5-13/h1-3,6,13-14H,4-5,7-11H2,(H,23,27). The van der Waals surface area contributed by atoms with E-state index in [1.807, 2.05) is 23.1 Å². The second-order valence-electron chi connectivity index (χ2n) is 7.36. The van der Waals surface area contributed by atoms with Crippen LogP contribution >= 0.6 is 0 Å². The summed E-state index contributed by atoms with van der Waals surface area (Å²) >= 11 is 0. The molecule has 0 aromatic carbocycles. The maximum Gasteiger partial charge on any atom is 0.432 e. The number of nitrogens with one attached hydrogen (secondary N) is 1. The lowest BCUT2D eigenvalue weighted by molar-refractivity contribution is -0.0604. The van der Waals surface area contributed by atoms with Crippen molar-refractivity contribution >= 4 is 17.2 Å². The highest BCUT2D eigenvalue weighted by Gasteiger charge is 2.41. The van der Waals surface area contributed by atoms with Crippen molar-refractivity contribution in [2.45, 2.75) is 44.0 Å². The monoisotopic (exact) mass is 394 g/mol. The second-order valence-corrected chi connectivity index (χ2v) is 7.36. The van der Waals surface area contributed by atoms with E-state index in [1.165, 1.54) is 0 Å². The number of aromatic nitrogens is 1. The normalized spacial score (nSPS) is 23.0. The SMILES string of the molecule is O=C(NC1CC1)c1cccc(C2=CCN(CC3CC(C(F)(F)F)=NO3)CC2)n1. The molecule has 1 saturated carbocycles. The van der Waals surface area contributed by atoms with Gasteiger partial charge in [-0.25, -0.2) is 4.98 Å². The number of carbonyl (C=O) groups excluding carboxylic acids is 1. The fraction of sp³-hybridized carbons (Fsp3) is 0.526. The van der Waals surface area contributed by atoms with Crippen molar-refractivity contribution in [3.63, 3.8) is 0 Å². The Balaban J connectivity index is 1.32. The molecule has 0 radical (unpaired) electrons. The first-order valence-corrected chi connectivity index (χ1v) is 9.38.